The average molecular weight is 640 g/mol. The van der Waals surface area contributed by atoms with Crippen LogP contribution in [0.15, 0.2) is 173 Å². The van der Waals surface area contributed by atoms with Gasteiger partial charge in [-0.25, -0.2) is 0 Å². The van der Waals surface area contributed by atoms with E-state index >= 15 is 0 Å². The van der Waals surface area contributed by atoms with Crippen LogP contribution in [0, 0.1) is 0 Å². The lowest BCUT2D eigenvalue weighted by Crippen LogP contribution is -2.10. The second-order valence-electron chi connectivity index (χ2n) is 13.3. The van der Waals surface area contributed by atoms with E-state index in [0.717, 1.165) is 78.3 Å². The Morgan fingerprint density at radius 1 is 0.360 bits per heavy atom. The summed E-state index contributed by atoms with van der Waals surface area (Å²) in [6.45, 7) is 0. The van der Waals surface area contributed by atoms with Crippen molar-refractivity contribution in [2.75, 3.05) is 4.90 Å². The highest BCUT2D eigenvalue weighted by Crippen LogP contribution is 2.44. The zero-order chi connectivity index (χ0) is 32.8. The van der Waals surface area contributed by atoms with E-state index in [-0.39, 0.29) is 0 Å². The molecule has 0 unspecified atom stereocenters. The lowest BCUT2D eigenvalue weighted by atomic mass is 9.96. The highest BCUT2D eigenvalue weighted by atomic mass is 16.3. The molecule has 50 heavy (non-hydrogen) atoms. The van der Waals surface area contributed by atoms with Gasteiger partial charge >= 0.3 is 0 Å². The molecule has 0 atom stereocenters. The van der Waals surface area contributed by atoms with Gasteiger partial charge in [-0.05, 0) is 106 Å². The quantitative estimate of drug-likeness (QED) is 0.192. The highest BCUT2D eigenvalue weighted by molar-refractivity contribution is 6.17. The fourth-order valence-electron chi connectivity index (χ4n) is 8.13. The summed E-state index contributed by atoms with van der Waals surface area (Å²) < 4.78 is 12.6. The molecule has 2 aromatic heterocycles. The molecular formula is C47H29NO2. The molecule has 10 aromatic rings. The lowest BCUT2D eigenvalue weighted by molar-refractivity contribution is 0.669. The van der Waals surface area contributed by atoms with Gasteiger partial charge in [-0.15, -0.1) is 0 Å². The van der Waals surface area contributed by atoms with Crippen molar-refractivity contribution in [1.29, 1.82) is 0 Å². The predicted molar refractivity (Wildman–Crippen MR) is 207 cm³/mol. The molecule has 1 aliphatic rings. The van der Waals surface area contributed by atoms with E-state index in [1.807, 2.05) is 24.3 Å². The lowest BCUT2D eigenvalue weighted by Gasteiger charge is -2.26. The SMILES string of the molecule is c1ccc2c(c1)Cc1ccc(N(c3ccc(-c4cccc5c4ccc4c6ccccc6oc54)cc3)c3ccc4oc5ccccc5c4c3)cc1-2. The minimum Gasteiger partial charge on any atom is -0.456 e. The van der Waals surface area contributed by atoms with Crippen molar-refractivity contribution < 1.29 is 8.83 Å². The van der Waals surface area contributed by atoms with Crippen LogP contribution in [0.1, 0.15) is 11.1 Å². The largest absolute Gasteiger partial charge is 0.456 e. The monoisotopic (exact) mass is 639 g/mol. The molecule has 2 heterocycles. The van der Waals surface area contributed by atoms with Crippen LogP contribution >= 0.6 is 0 Å². The molecule has 0 amide bonds. The minimum absolute atomic E-state index is 0.891. The van der Waals surface area contributed by atoms with Crippen molar-refractivity contribution in [3.63, 3.8) is 0 Å². The Labute approximate surface area is 288 Å². The maximum absolute atomic E-state index is 6.40. The molecule has 234 valence electrons. The highest BCUT2D eigenvalue weighted by Gasteiger charge is 2.22. The van der Waals surface area contributed by atoms with Crippen LogP contribution < -0.4 is 4.90 Å². The van der Waals surface area contributed by atoms with Gasteiger partial charge in [-0.1, -0.05) is 103 Å². The molecule has 0 aliphatic heterocycles. The van der Waals surface area contributed by atoms with Gasteiger partial charge in [0.15, 0.2) is 0 Å². The third-order valence-corrected chi connectivity index (χ3v) is 10.5. The van der Waals surface area contributed by atoms with Crippen molar-refractivity contribution in [2.24, 2.45) is 0 Å². The van der Waals surface area contributed by atoms with Gasteiger partial charge in [0.05, 0.1) is 0 Å². The maximum atomic E-state index is 6.40. The summed E-state index contributed by atoms with van der Waals surface area (Å²) in [6.07, 6.45) is 0.971. The molecule has 0 fully saturated rings. The van der Waals surface area contributed by atoms with Gasteiger partial charge in [0, 0.05) is 44.0 Å². The summed E-state index contributed by atoms with van der Waals surface area (Å²) in [4.78, 5) is 2.37. The second kappa shape index (κ2) is 10.5. The number of furan rings is 2. The number of anilines is 3. The van der Waals surface area contributed by atoms with Gasteiger partial charge in [0.2, 0.25) is 0 Å². The number of nitrogens with zero attached hydrogens (tertiary/aromatic N) is 1. The van der Waals surface area contributed by atoms with E-state index < -0.39 is 0 Å². The first-order valence-corrected chi connectivity index (χ1v) is 17.1. The van der Waals surface area contributed by atoms with Crippen molar-refractivity contribution in [3.05, 3.63) is 175 Å². The number of fused-ring (bicyclic) bond motifs is 11. The molecule has 0 saturated heterocycles. The Balaban J connectivity index is 1.06. The van der Waals surface area contributed by atoms with Crippen LogP contribution in [0.2, 0.25) is 0 Å². The van der Waals surface area contributed by atoms with Crippen molar-refractivity contribution in [1.82, 2.24) is 0 Å². The molecule has 0 N–H and O–H groups in total. The zero-order valence-corrected chi connectivity index (χ0v) is 27.1. The first kappa shape index (κ1) is 27.4. The van der Waals surface area contributed by atoms with Gasteiger partial charge in [-0.3, -0.25) is 0 Å². The fraction of sp³-hybridized carbons (Fsp3) is 0.0213. The van der Waals surface area contributed by atoms with Crippen LogP contribution in [0.25, 0.3) is 76.9 Å². The molecule has 8 aromatic carbocycles. The first-order chi connectivity index (χ1) is 24.8. The van der Waals surface area contributed by atoms with Gasteiger partial charge < -0.3 is 13.7 Å². The smallest absolute Gasteiger partial charge is 0.143 e. The Morgan fingerprint density at radius 2 is 0.960 bits per heavy atom. The Kier molecular flexibility index (Phi) is 5.73. The molecule has 11 rings (SSSR count). The van der Waals surface area contributed by atoms with Gasteiger partial charge in [0.1, 0.15) is 22.3 Å². The van der Waals surface area contributed by atoms with Crippen molar-refractivity contribution >= 4 is 71.7 Å². The van der Waals surface area contributed by atoms with E-state index in [1.165, 1.54) is 33.2 Å². The number of hydrogen-bond donors (Lipinski definition) is 0. The second-order valence-corrected chi connectivity index (χ2v) is 13.3. The molecule has 0 saturated carbocycles. The van der Waals surface area contributed by atoms with Crippen LogP contribution in [-0.4, -0.2) is 0 Å². The van der Waals surface area contributed by atoms with E-state index in [1.54, 1.807) is 0 Å². The molecule has 3 heteroatoms. The minimum atomic E-state index is 0.891. The summed E-state index contributed by atoms with van der Waals surface area (Å²) in [5.41, 5.74) is 14.7. The molecule has 0 radical (unpaired) electrons. The number of hydrogen-bond acceptors (Lipinski definition) is 3. The van der Waals surface area contributed by atoms with E-state index in [2.05, 4.69) is 144 Å². The van der Waals surface area contributed by atoms with E-state index in [9.17, 15) is 0 Å². The topological polar surface area (TPSA) is 29.5 Å². The Hall–Kier alpha value is -6.58. The number of rotatable bonds is 4. The third-order valence-electron chi connectivity index (χ3n) is 10.5. The zero-order valence-electron chi connectivity index (χ0n) is 27.1. The number of para-hydroxylation sites is 2. The average Bonchev–Trinajstić information content (AvgIpc) is 3.86. The third kappa shape index (κ3) is 4.04. The van der Waals surface area contributed by atoms with Gasteiger partial charge in [0.25, 0.3) is 0 Å². The van der Waals surface area contributed by atoms with Crippen LogP contribution in [0.4, 0.5) is 17.1 Å². The number of benzene rings is 8. The fourth-order valence-corrected chi connectivity index (χ4v) is 8.13. The van der Waals surface area contributed by atoms with Crippen LogP contribution in [-0.2, 0) is 6.42 Å². The van der Waals surface area contributed by atoms with Crippen LogP contribution in [0.3, 0.4) is 0 Å². The van der Waals surface area contributed by atoms with Crippen molar-refractivity contribution in [3.8, 4) is 22.3 Å². The summed E-state index contributed by atoms with van der Waals surface area (Å²) in [6, 6.07) is 58.7. The van der Waals surface area contributed by atoms with E-state index in [4.69, 9.17) is 8.83 Å². The summed E-state index contributed by atoms with van der Waals surface area (Å²) in [5.74, 6) is 0. The Bertz CT molecular complexity index is 2960. The van der Waals surface area contributed by atoms with Crippen molar-refractivity contribution in [2.45, 2.75) is 6.42 Å². The van der Waals surface area contributed by atoms with Gasteiger partial charge in [-0.2, -0.15) is 0 Å². The molecule has 3 nitrogen and oxygen atoms in total. The standard InChI is InChI=1S/C47H29NO2/c1-2-9-36-30(8-1)26-31-18-21-33(27-42(31)36)48(34-22-25-46-43(28-34)39-11-4-5-14-44(39)49-46)32-19-16-29(17-20-32)35-12-7-13-40-37(35)23-24-41-38-10-3-6-15-45(38)50-47(40)41/h1-25,27-28H,26H2. The maximum Gasteiger partial charge on any atom is 0.143 e. The summed E-state index contributed by atoms with van der Waals surface area (Å²) >= 11 is 0. The summed E-state index contributed by atoms with van der Waals surface area (Å²) in [7, 11) is 0. The van der Waals surface area contributed by atoms with E-state index in [0.29, 0.717) is 0 Å². The Morgan fingerprint density at radius 3 is 1.84 bits per heavy atom. The molecular weight excluding hydrogens is 611 g/mol. The predicted octanol–water partition coefficient (Wildman–Crippen LogP) is 13.3. The molecule has 0 bridgehead atoms. The first-order valence-electron chi connectivity index (χ1n) is 17.1. The normalized spacial score (nSPS) is 12.3. The molecule has 0 spiro atoms. The van der Waals surface area contributed by atoms with Crippen LogP contribution in [0.5, 0.6) is 0 Å². The summed E-state index contributed by atoms with van der Waals surface area (Å²) in [5, 5.41) is 6.83. The molecule has 1 aliphatic carbocycles.